The second kappa shape index (κ2) is 7.53. The minimum atomic E-state index is 0.143. The van der Waals surface area contributed by atoms with Gasteiger partial charge in [0.25, 0.3) is 5.95 Å². The second-order valence-corrected chi connectivity index (χ2v) is 7.17. The zero-order valence-electron chi connectivity index (χ0n) is 16.3. The van der Waals surface area contributed by atoms with E-state index in [-0.39, 0.29) is 5.91 Å². The lowest BCUT2D eigenvalue weighted by atomic mass is 10.0. The molecule has 0 radical (unpaired) electrons. The van der Waals surface area contributed by atoms with E-state index in [9.17, 15) is 4.79 Å². The molecular formula is C19H28N6O. The molecule has 1 aliphatic heterocycles. The van der Waals surface area contributed by atoms with Gasteiger partial charge >= 0.3 is 0 Å². The summed E-state index contributed by atoms with van der Waals surface area (Å²) in [6, 6.07) is 2.26. The molecule has 140 valence electrons. The average molecular weight is 356 g/mol. The number of amides is 1. The lowest BCUT2D eigenvalue weighted by Gasteiger charge is -2.31. The van der Waals surface area contributed by atoms with Crippen LogP contribution in [0.2, 0.25) is 0 Å². The molecule has 0 saturated carbocycles. The molecule has 0 unspecified atom stereocenters. The molecule has 0 bridgehead atoms. The van der Waals surface area contributed by atoms with Crippen LogP contribution in [-0.2, 0) is 11.2 Å². The Labute approximate surface area is 154 Å². The maximum Gasteiger partial charge on any atom is 0.251 e. The van der Waals surface area contributed by atoms with Gasteiger partial charge in [-0.2, -0.15) is 5.10 Å². The number of aryl methyl sites for hydroxylation is 3. The Balaban J connectivity index is 1.82. The monoisotopic (exact) mass is 356 g/mol. The number of nitrogens with one attached hydrogen (secondary N) is 1. The summed E-state index contributed by atoms with van der Waals surface area (Å²) in [7, 11) is 1.92. The highest BCUT2D eigenvalue weighted by atomic mass is 16.2. The molecule has 7 heteroatoms. The van der Waals surface area contributed by atoms with Crippen LogP contribution in [0.4, 0.5) is 0 Å². The number of nitrogens with zero attached hydrogens (tertiary/aromatic N) is 5. The minimum absolute atomic E-state index is 0.143. The Bertz CT molecular complexity index is 786. The summed E-state index contributed by atoms with van der Waals surface area (Å²) in [6.07, 6.45) is 2.38. The van der Waals surface area contributed by atoms with Crippen LogP contribution < -0.4 is 5.32 Å². The van der Waals surface area contributed by atoms with E-state index in [2.05, 4.69) is 20.4 Å². The molecule has 7 nitrogen and oxygen atoms in total. The fourth-order valence-electron chi connectivity index (χ4n) is 3.60. The highest BCUT2D eigenvalue weighted by molar-refractivity contribution is 5.79. The molecule has 0 aliphatic carbocycles. The van der Waals surface area contributed by atoms with Gasteiger partial charge in [-0.05, 0) is 59.7 Å². The predicted molar refractivity (Wildman–Crippen MR) is 100 cm³/mol. The van der Waals surface area contributed by atoms with Crippen molar-refractivity contribution in [1.82, 2.24) is 30.0 Å². The van der Waals surface area contributed by atoms with Crippen molar-refractivity contribution in [3.8, 4) is 5.95 Å². The van der Waals surface area contributed by atoms with E-state index >= 15 is 0 Å². The number of carbonyl (C=O) groups excluding carboxylic acids is 1. The topological polar surface area (TPSA) is 75.9 Å². The quantitative estimate of drug-likeness (QED) is 0.901. The van der Waals surface area contributed by atoms with Gasteiger partial charge in [0, 0.05) is 35.7 Å². The van der Waals surface area contributed by atoms with Crippen LogP contribution in [0, 0.1) is 27.7 Å². The first-order chi connectivity index (χ1) is 12.4. The summed E-state index contributed by atoms with van der Waals surface area (Å²) in [5.74, 6) is 0.706. The average Bonchev–Trinajstić information content (AvgIpc) is 2.89. The number of carbonyl (C=O) groups is 1. The van der Waals surface area contributed by atoms with Crippen molar-refractivity contribution in [2.45, 2.75) is 53.0 Å². The van der Waals surface area contributed by atoms with E-state index in [0.29, 0.717) is 18.4 Å². The van der Waals surface area contributed by atoms with Gasteiger partial charge in [0.15, 0.2) is 0 Å². The highest BCUT2D eigenvalue weighted by Crippen LogP contribution is 2.19. The van der Waals surface area contributed by atoms with Gasteiger partial charge in [0.1, 0.15) is 0 Å². The Morgan fingerprint density at radius 2 is 1.81 bits per heavy atom. The third-order valence-corrected chi connectivity index (χ3v) is 5.18. The molecule has 3 heterocycles. The number of piperidine rings is 1. The van der Waals surface area contributed by atoms with E-state index in [0.717, 1.165) is 54.3 Å². The highest BCUT2D eigenvalue weighted by Gasteiger charge is 2.24. The maximum absolute atomic E-state index is 12.8. The van der Waals surface area contributed by atoms with E-state index in [4.69, 9.17) is 0 Å². The molecule has 0 atom stereocenters. The lowest BCUT2D eigenvalue weighted by Crippen LogP contribution is -2.44. The molecule has 0 aromatic carbocycles. The Kier molecular flexibility index (Phi) is 5.36. The smallest absolute Gasteiger partial charge is 0.251 e. The summed E-state index contributed by atoms with van der Waals surface area (Å²) in [4.78, 5) is 23.7. The number of rotatable bonds is 4. The molecule has 3 rings (SSSR count). The van der Waals surface area contributed by atoms with E-state index in [1.165, 1.54) is 0 Å². The molecular weight excluding hydrogens is 328 g/mol. The van der Waals surface area contributed by atoms with Gasteiger partial charge in [-0.25, -0.2) is 14.6 Å². The minimum Gasteiger partial charge on any atom is -0.342 e. The molecule has 1 saturated heterocycles. The summed E-state index contributed by atoms with van der Waals surface area (Å²) >= 11 is 0. The van der Waals surface area contributed by atoms with Crippen molar-refractivity contribution in [3.63, 3.8) is 0 Å². The standard InChI is InChI=1S/C19H28N6O/c1-12-10-13(2)22-19(21-12)25-15(4)17(14(3)23-25)11-18(26)24(5)16-6-8-20-9-7-16/h10,16,20H,6-9,11H2,1-5H3. The van der Waals surface area contributed by atoms with E-state index < -0.39 is 0 Å². The van der Waals surface area contributed by atoms with Crippen LogP contribution in [0.15, 0.2) is 6.07 Å². The second-order valence-electron chi connectivity index (χ2n) is 7.17. The normalized spacial score (nSPS) is 15.3. The van der Waals surface area contributed by atoms with Crippen LogP contribution in [0.25, 0.3) is 5.95 Å². The van der Waals surface area contributed by atoms with Gasteiger partial charge < -0.3 is 10.2 Å². The first-order valence-electron chi connectivity index (χ1n) is 9.21. The van der Waals surface area contributed by atoms with Crippen molar-refractivity contribution < 1.29 is 4.79 Å². The molecule has 1 N–H and O–H groups in total. The summed E-state index contributed by atoms with van der Waals surface area (Å²) in [6.45, 7) is 9.77. The van der Waals surface area contributed by atoms with E-state index in [1.807, 2.05) is 45.7 Å². The summed E-state index contributed by atoms with van der Waals surface area (Å²) in [5, 5.41) is 7.94. The van der Waals surface area contributed by atoms with Crippen molar-refractivity contribution in [2.75, 3.05) is 20.1 Å². The first-order valence-corrected chi connectivity index (χ1v) is 9.21. The molecule has 0 spiro atoms. The van der Waals surface area contributed by atoms with Gasteiger partial charge in [0.2, 0.25) is 5.91 Å². The maximum atomic E-state index is 12.8. The van der Waals surface area contributed by atoms with Crippen molar-refractivity contribution in [1.29, 1.82) is 0 Å². The Morgan fingerprint density at radius 1 is 1.19 bits per heavy atom. The lowest BCUT2D eigenvalue weighted by molar-refractivity contribution is -0.131. The van der Waals surface area contributed by atoms with Crippen LogP contribution in [0.1, 0.15) is 41.2 Å². The summed E-state index contributed by atoms with van der Waals surface area (Å²) in [5.41, 5.74) is 4.57. The Morgan fingerprint density at radius 3 is 2.42 bits per heavy atom. The zero-order valence-corrected chi connectivity index (χ0v) is 16.3. The number of aromatic nitrogens is 4. The van der Waals surface area contributed by atoms with Crippen molar-refractivity contribution >= 4 is 5.91 Å². The predicted octanol–water partition coefficient (Wildman–Crippen LogP) is 1.65. The molecule has 1 amide bonds. The molecule has 1 fully saturated rings. The number of hydrogen-bond acceptors (Lipinski definition) is 5. The van der Waals surface area contributed by atoms with E-state index in [1.54, 1.807) is 4.68 Å². The molecule has 2 aromatic heterocycles. The van der Waals surface area contributed by atoms with Gasteiger partial charge in [-0.15, -0.1) is 0 Å². The van der Waals surface area contributed by atoms with Crippen molar-refractivity contribution in [3.05, 3.63) is 34.4 Å². The number of likely N-dealkylation sites (N-methyl/N-ethyl adjacent to an activating group) is 1. The third kappa shape index (κ3) is 3.77. The third-order valence-electron chi connectivity index (χ3n) is 5.18. The van der Waals surface area contributed by atoms with Crippen LogP contribution >= 0.6 is 0 Å². The largest absolute Gasteiger partial charge is 0.342 e. The fraction of sp³-hybridized carbons (Fsp3) is 0.579. The van der Waals surface area contributed by atoms with Crippen LogP contribution in [0.3, 0.4) is 0 Å². The molecule has 2 aromatic rings. The van der Waals surface area contributed by atoms with Gasteiger partial charge in [-0.3, -0.25) is 4.79 Å². The molecule has 26 heavy (non-hydrogen) atoms. The van der Waals surface area contributed by atoms with Crippen molar-refractivity contribution in [2.24, 2.45) is 0 Å². The van der Waals surface area contributed by atoms with Crippen LogP contribution in [0.5, 0.6) is 0 Å². The van der Waals surface area contributed by atoms with Crippen LogP contribution in [-0.4, -0.2) is 56.7 Å². The Hall–Kier alpha value is -2.28. The SMILES string of the molecule is Cc1cc(C)nc(-n2nc(C)c(CC(=O)N(C)C3CCNCC3)c2C)n1. The summed E-state index contributed by atoms with van der Waals surface area (Å²) < 4.78 is 1.75. The first kappa shape index (κ1) is 18.5. The zero-order chi connectivity index (χ0) is 18.8. The van der Waals surface area contributed by atoms with Gasteiger partial charge in [0.05, 0.1) is 12.1 Å². The fourth-order valence-corrected chi connectivity index (χ4v) is 3.60. The number of hydrogen-bond donors (Lipinski definition) is 1. The van der Waals surface area contributed by atoms with Gasteiger partial charge in [-0.1, -0.05) is 0 Å². The molecule has 1 aliphatic rings.